The third kappa shape index (κ3) is 3.50. The molecular weight excluding hydrogens is 309 g/mol. The van der Waals surface area contributed by atoms with Crippen LogP contribution in [-0.4, -0.2) is 18.6 Å². The number of rotatable bonds is 4. The molecule has 2 aromatic rings. The number of amides is 1. The lowest BCUT2D eigenvalue weighted by atomic mass is 9.95. The van der Waals surface area contributed by atoms with Gasteiger partial charge >= 0.3 is 0 Å². The van der Waals surface area contributed by atoms with Crippen molar-refractivity contribution in [2.75, 3.05) is 6.61 Å². The molecule has 1 aliphatic heterocycles. The Labute approximate surface area is 140 Å². The van der Waals surface area contributed by atoms with E-state index in [9.17, 15) is 9.18 Å². The second kappa shape index (κ2) is 6.91. The van der Waals surface area contributed by atoms with Crippen LogP contribution >= 0.6 is 0 Å². The van der Waals surface area contributed by atoms with Crippen LogP contribution in [0.3, 0.4) is 0 Å². The van der Waals surface area contributed by atoms with Crippen LogP contribution in [0.4, 0.5) is 4.39 Å². The average Bonchev–Trinajstić information content (AvgIpc) is 2.59. The van der Waals surface area contributed by atoms with Crippen molar-refractivity contribution >= 4 is 5.91 Å². The zero-order valence-corrected chi connectivity index (χ0v) is 13.7. The van der Waals surface area contributed by atoms with Gasteiger partial charge in [0.05, 0.1) is 6.04 Å². The van der Waals surface area contributed by atoms with Crippen LogP contribution in [0, 0.1) is 11.7 Å². The molecule has 126 valence electrons. The number of carbonyl (C=O) groups excluding carboxylic acids is 1. The van der Waals surface area contributed by atoms with E-state index in [2.05, 4.69) is 5.32 Å². The predicted octanol–water partition coefficient (Wildman–Crippen LogP) is 3.48. The lowest BCUT2D eigenvalue weighted by molar-refractivity contribution is -0.131. The molecule has 4 nitrogen and oxygen atoms in total. The van der Waals surface area contributed by atoms with Gasteiger partial charge in [-0.15, -0.1) is 0 Å². The van der Waals surface area contributed by atoms with E-state index < -0.39 is 6.10 Å². The Morgan fingerprint density at radius 3 is 2.46 bits per heavy atom. The van der Waals surface area contributed by atoms with Crippen molar-refractivity contribution in [3.05, 3.63) is 59.9 Å². The highest BCUT2D eigenvalue weighted by Crippen LogP contribution is 2.31. The van der Waals surface area contributed by atoms with Gasteiger partial charge < -0.3 is 14.8 Å². The highest BCUT2D eigenvalue weighted by Gasteiger charge is 2.29. The van der Waals surface area contributed by atoms with Crippen LogP contribution in [0.2, 0.25) is 0 Å². The standard InChI is InChI=1S/C19H20FNO3/c1-12(2)18(13-7-9-14(20)10-8-13)21-19(22)17-11-23-15-5-3-4-6-16(15)24-17/h3-10,12,17-18H,11H2,1-2H3,(H,21,22)/t17-,18-/m1/s1. The Bertz CT molecular complexity index is 715. The maximum Gasteiger partial charge on any atom is 0.265 e. The number of hydrogen-bond donors (Lipinski definition) is 1. The van der Waals surface area contributed by atoms with Gasteiger partial charge in [-0.3, -0.25) is 4.79 Å². The summed E-state index contributed by atoms with van der Waals surface area (Å²) in [6.45, 7) is 4.17. The lowest BCUT2D eigenvalue weighted by Gasteiger charge is -2.29. The van der Waals surface area contributed by atoms with Crippen molar-refractivity contribution in [2.24, 2.45) is 5.92 Å². The van der Waals surface area contributed by atoms with Gasteiger partial charge in [-0.05, 0) is 35.7 Å². The molecule has 0 radical (unpaired) electrons. The molecule has 0 aromatic heterocycles. The van der Waals surface area contributed by atoms with Crippen molar-refractivity contribution in [3.63, 3.8) is 0 Å². The van der Waals surface area contributed by atoms with E-state index >= 15 is 0 Å². The number of halogens is 1. The highest BCUT2D eigenvalue weighted by molar-refractivity contribution is 5.82. The number of hydrogen-bond acceptors (Lipinski definition) is 3. The van der Waals surface area contributed by atoms with E-state index in [0.29, 0.717) is 11.5 Å². The van der Waals surface area contributed by atoms with Gasteiger partial charge in [0.1, 0.15) is 12.4 Å². The summed E-state index contributed by atoms with van der Waals surface area (Å²) in [6.07, 6.45) is -0.707. The van der Waals surface area contributed by atoms with Gasteiger partial charge in [-0.25, -0.2) is 4.39 Å². The Balaban J connectivity index is 1.71. The second-order valence-corrected chi connectivity index (χ2v) is 6.15. The lowest BCUT2D eigenvalue weighted by Crippen LogP contribution is -2.46. The molecule has 1 heterocycles. The molecule has 1 N–H and O–H groups in total. The first-order valence-electron chi connectivity index (χ1n) is 7.99. The molecular formula is C19H20FNO3. The first-order valence-corrected chi connectivity index (χ1v) is 7.99. The van der Waals surface area contributed by atoms with Crippen molar-refractivity contribution < 1.29 is 18.7 Å². The Morgan fingerprint density at radius 2 is 1.79 bits per heavy atom. The summed E-state index contributed by atoms with van der Waals surface area (Å²) < 4.78 is 24.4. The smallest absolute Gasteiger partial charge is 0.265 e. The van der Waals surface area contributed by atoms with Crippen molar-refractivity contribution in [1.29, 1.82) is 0 Å². The maximum atomic E-state index is 13.1. The molecule has 5 heteroatoms. The summed E-state index contributed by atoms with van der Waals surface area (Å²) >= 11 is 0. The first kappa shape index (κ1) is 16.3. The number of nitrogens with one attached hydrogen (secondary N) is 1. The number of fused-ring (bicyclic) bond motifs is 1. The van der Waals surface area contributed by atoms with Crippen LogP contribution in [0.1, 0.15) is 25.5 Å². The fraction of sp³-hybridized carbons (Fsp3) is 0.316. The summed E-state index contributed by atoms with van der Waals surface area (Å²) in [5.41, 5.74) is 0.858. The molecule has 0 spiro atoms. The Morgan fingerprint density at radius 1 is 1.12 bits per heavy atom. The summed E-state index contributed by atoms with van der Waals surface area (Å²) in [4.78, 5) is 12.6. The van der Waals surface area contributed by atoms with Gasteiger partial charge in [0.15, 0.2) is 11.5 Å². The SMILES string of the molecule is CC(C)[C@@H](NC(=O)[C@H]1COc2ccccc2O1)c1ccc(F)cc1. The summed E-state index contributed by atoms with van der Waals surface area (Å²) in [6, 6.07) is 13.2. The molecule has 0 aliphatic carbocycles. The number of benzene rings is 2. The Hall–Kier alpha value is -2.56. The van der Waals surface area contributed by atoms with E-state index in [1.165, 1.54) is 12.1 Å². The molecule has 0 saturated carbocycles. The minimum absolute atomic E-state index is 0.149. The van der Waals surface area contributed by atoms with Crippen LogP contribution in [0.25, 0.3) is 0 Å². The third-order valence-corrected chi connectivity index (χ3v) is 3.99. The fourth-order valence-corrected chi connectivity index (χ4v) is 2.70. The number of ether oxygens (including phenoxy) is 2. The topological polar surface area (TPSA) is 47.6 Å². The fourth-order valence-electron chi connectivity index (χ4n) is 2.70. The van der Waals surface area contributed by atoms with Crippen molar-refractivity contribution in [2.45, 2.75) is 26.0 Å². The van der Waals surface area contributed by atoms with Gasteiger partial charge in [-0.1, -0.05) is 38.1 Å². The van der Waals surface area contributed by atoms with Gasteiger partial charge in [0.25, 0.3) is 5.91 Å². The number of para-hydroxylation sites is 2. The van der Waals surface area contributed by atoms with Gasteiger partial charge in [0, 0.05) is 0 Å². The second-order valence-electron chi connectivity index (χ2n) is 6.15. The van der Waals surface area contributed by atoms with Crippen molar-refractivity contribution in [1.82, 2.24) is 5.32 Å². The largest absolute Gasteiger partial charge is 0.485 e. The van der Waals surface area contributed by atoms with E-state index in [4.69, 9.17) is 9.47 Å². The average molecular weight is 329 g/mol. The predicted molar refractivity (Wildman–Crippen MR) is 88.5 cm³/mol. The summed E-state index contributed by atoms with van der Waals surface area (Å²) in [7, 11) is 0. The molecule has 1 amide bonds. The van der Waals surface area contributed by atoms with Crippen LogP contribution in [0.5, 0.6) is 11.5 Å². The van der Waals surface area contributed by atoms with Crippen LogP contribution in [-0.2, 0) is 4.79 Å². The first-order chi connectivity index (χ1) is 11.5. The minimum atomic E-state index is -0.707. The molecule has 2 atom stereocenters. The minimum Gasteiger partial charge on any atom is -0.485 e. The monoisotopic (exact) mass is 329 g/mol. The zero-order chi connectivity index (χ0) is 17.1. The molecule has 24 heavy (non-hydrogen) atoms. The quantitative estimate of drug-likeness (QED) is 0.934. The molecule has 0 fully saturated rings. The zero-order valence-electron chi connectivity index (χ0n) is 13.7. The molecule has 0 saturated heterocycles. The van der Waals surface area contributed by atoms with Gasteiger partial charge in [0.2, 0.25) is 6.10 Å². The van der Waals surface area contributed by atoms with Gasteiger partial charge in [-0.2, -0.15) is 0 Å². The molecule has 0 unspecified atom stereocenters. The van der Waals surface area contributed by atoms with E-state index in [-0.39, 0.29) is 30.3 Å². The Kier molecular flexibility index (Phi) is 4.69. The normalized spacial score (nSPS) is 17.4. The summed E-state index contributed by atoms with van der Waals surface area (Å²) in [5, 5.41) is 2.99. The molecule has 1 aliphatic rings. The van der Waals surface area contributed by atoms with E-state index in [1.54, 1.807) is 24.3 Å². The highest BCUT2D eigenvalue weighted by atomic mass is 19.1. The van der Waals surface area contributed by atoms with Crippen LogP contribution in [0.15, 0.2) is 48.5 Å². The van der Waals surface area contributed by atoms with E-state index in [0.717, 1.165) is 5.56 Å². The molecule has 3 rings (SSSR count). The molecule has 0 bridgehead atoms. The van der Waals surface area contributed by atoms with Crippen LogP contribution < -0.4 is 14.8 Å². The maximum absolute atomic E-state index is 13.1. The molecule has 2 aromatic carbocycles. The number of carbonyl (C=O) groups is 1. The third-order valence-electron chi connectivity index (χ3n) is 3.99. The summed E-state index contributed by atoms with van der Waals surface area (Å²) in [5.74, 6) is 0.809. The van der Waals surface area contributed by atoms with Crippen molar-refractivity contribution in [3.8, 4) is 11.5 Å². The van der Waals surface area contributed by atoms with E-state index in [1.807, 2.05) is 26.0 Å².